The van der Waals surface area contributed by atoms with Crippen molar-refractivity contribution in [1.82, 2.24) is 107 Å². The number of pyridine rings is 5. The molecule has 0 aliphatic carbocycles. The molecule has 142 heavy (non-hydrogen) atoms. The monoisotopic (exact) mass is 1910 g/mol. The van der Waals surface area contributed by atoms with Crippen LogP contribution in [0.3, 0.4) is 0 Å². The average Bonchev–Trinajstić information content (AvgIpc) is 1.63. The number of benzene rings is 5. The van der Waals surface area contributed by atoms with E-state index in [1.165, 1.54) is 0 Å². The third kappa shape index (κ3) is 19.9. The van der Waals surface area contributed by atoms with Gasteiger partial charge in [-0.3, -0.25) is 50.9 Å². The molecule has 25 rings (SSSR count). The van der Waals surface area contributed by atoms with Gasteiger partial charge in [0.15, 0.2) is 57.4 Å². The summed E-state index contributed by atoms with van der Waals surface area (Å²) >= 11 is 0. The van der Waals surface area contributed by atoms with Crippen LogP contribution in [0.4, 0.5) is 0 Å². The molecule has 0 spiro atoms. The highest BCUT2D eigenvalue weighted by atomic mass is 16.5. The number of ether oxygens (including phenoxy) is 4. The number of nitrogens with zero attached hydrogens (tertiary/aromatic N) is 20. The first-order valence-corrected chi connectivity index (χ1v) is 47.6. The quantitative estimate of drug-likeness (QED) is 0.102. The number of hydrogen-bond donors (Lipinski definition) is 2. The molecule has 5 fully saturated rings. The van der Waals surface area contributed by atoms with Gasteiger partial charge in [-0.25, -0.2) is 49.8 Å². The van der Waals surface area contributed by atoms with Crippen molar-refractivity contribution in [3.8, 4) is 55.6 Å². The summed E-state index contributed by atoms with van der Waals surface area (Å²) in [5, 5.41) is 6.10. The van der Waals surface area contributed by atoms with Gasteiger partial charge in [0.1, 0.15) is 84.3 Å². The van der Waals surface area contributed by atoms with Crippen LogP contribution in [-0.4, -0.2) is 269 Å². The van der Waals surface area contributed by atoms with E-state index in [0.29, 0.717) is 117 Å². The molecule has 5 aromatic carbocycles. The Kier molecular flexibility index (Phi) is 26.1. The van der Waals surface area contributed by atoms with Crippen molar-refractivity contribution >= 4 is 113 Å². The summed E-state index contributed by atoms with van der Waals surface area (Å²) in [6, 6.07) is 49.3. The number of nitrogens with one attached hydrogen (secondary N) is 2. The molecule has 5 saturated heterocycles. The maximum absolute atomic E-state index is 13.2. The molecule has 5 aliphatic rings. The standard InChI is InChI=1S/C22H23N5O3.C22H22N4O3.C21H21N5O2.C21H20N4O3.C20H18N4O3/c1-15-25-18-12-16(2-4-20(18)30-15)17-3-5-21-24-13-19(27(21)14-17)22(28)23-6-7-26-8-10-29-11-9-26;1-13-10-25(11-14(2)28-13)22(27)19-9-23-21-7-5-17(12-26(19)21)16-4-6-20-18(8-16)24-15(3)29-20;1-14-23-17-11-15(3-5-19(17)28-14)16-4-6-20-22-12-18(26(20)13-16)21(27)25-9-7-24(2)8-10-25;1-13-23-17-10-14(2-4-19(17)28-13)15-3-5-20-22-11-18(25(20)12-15)21(26)24-16-6-8-27-9-7-16;1-13-22-16-10-14(2-4-18(16)27-13)15-3-5-19-21-11-17(24(19)12-15)20(25)23-6-8-26-9-7-23/h2-5,12-14H,6-11H2,1H3,(H,23,28);4-9,12-14H,10-11H2,1-3H3;3-6,11-13H,7-10H2,1-2H3;2-5,10-12,16H,6-9H2,1H3,(H,24,26);2-5,10-12H,6-9H2,1H3/t;13-,14+;;;. The van der Waals surface area contributed by atoms with Crippen LogP contribution in [0.2, 0.25) is 0 Å². The Morgan fingerprint density at radius 2 is 0.620 bits per heavy atom. The molecular formula is C106H104N22O14. The zero-order valence-corrected chi connectivity index (χ0v) is 79.7. The van der Waals surface area contributed by atoms with Gasteiger partial charge in [0.25, 0.3) is 29.5 Å². The number of piperazine rings is 1. The van der Waals surface area contributed by atoms with Crippen LogP contribution in [0.1, 0.15) is 109 Å². The fraction of sp³-hybridized carbons (Fsp3) is 0.292. The third-order valence-electron chi connectivity index (χ3n) is 26.0. The fourth-order valence-electron chi connectivity index (χ4n) is 18.6. The molecule has 20 aromatic rings. The topological polar surface area (TPSA) is 379 Å². The van der Waals surface area contributed by atoms with Crippen LogP contribution in [0.25, 0.3) is 139 Å². The van der Waals surface area contributed by atoms with Crippen molar-refractivity contribution in [3.05, 3.63) is 272 Å². The SMILES string of the molecule is Cc1nc2cc(-c3ccc4ncc(C(=O)N5CCN(C)CC5)n4c3)ccc2o1.Cc1nc2cc(-c3ccc4ncc(C(=O)N5CCOCC5)n4c3)ccc2o1.Cc1nc2cc(-c3ccc4ncc(C(=O)N5C[C@@H](C)O[C@@H](C)C5)n4c3)ccc2o1.Cc1nc2cc(-c3ccc4ncc(C(=O)NC5CCOCC5)n4c3)ccc2o1.Cc1nc2cc(-c3ccc4ncc(C(=O)NCCN5CCOCC5)n4c3)ccc2o1. The number of amides is 5. The first-order valence-electron chi connectivity index (χ1n) is 47.6. The van der Waals surface area contributed by atoms with Crippen molar-refractivity contribution in [2.24, 2.45) is 0 Å². The average molecular weight is 1910 g/mol. The largest absolute Gasteiger partial charge is 0.441 e. The zero-order chi connectivity index (χ0) is 97.3. The van der Waals surface area contributed by atoms with Gasteiger partial charge in [0, 0.05) is 163 Å². The molecule has 2 atom stereocenters. The highest BCUT2D eigenvalue weighted by Gasteiger charge is 2.31. The van der Waals surface area contributed by atoms with Crippen LogP contribution in [0, 0.1) is 34.6 Å². The number of fused-ring (bicyclic) bond motifs is 10. The Hall–Kier alpha value is -16.0. The Morgan fingerprint density at radius 1 is 0.331 bits per heavy atom. The van der Waals surface area contributed by atoms with E-state index in [-0.39, 0.29) is 47.8 Å². The summed E-state index contributed by atoms with van der Waals surface area (Å²) in [6.45, 7) is 26.0. The second kappa shape index (κ2) is 40.1. The van der Waals surface area contributed by atoms with Gasteiger partial charge in [0.2, 0.25) is 0 Å². The molecule has 0 bridgehead atoms. The molecule has 0 radical (unpaired) electrons. The minimum atomic E-state index is -0.129. The second-order valence-corrected chi connectivity index (χ2v) is 36.1. The van der Waals surface area contributed by atoms with Crippen molar-refractivity contribution in [2.75, 3.05) is 125 Å². The van der Waals surface area contributed by atoms with Gasteiger partial charge in [-0.2, -0.15) is 0 Å². The number of oxazole rings is 5. The van der Waals surface area contributed by atoms with Crippen LogP contribution >= 0.6 is 0 Å². The Balaban J connectivity index is 0.000000105. The molecule has 5 amide bonds. The molecule has 36 heteroatoms. The summed E-state index contributed by atoms with van der Waals surface area (Å²) < 4.78 is 58.9. The molecule has 0 unspecified atom stereocenters. The van der Waals surface area contributed by atoms with Crippen LogP contribution in [-0.2, 0) is 18.9 Å². The number of aromatic nitrogens is 15. The molecule has 20 heterocycles. The Bertz CT molecular complexity index is 8110. The van der Waals surface area contributed by atoms with Crippen molar-refractivity contribution in [2.45, 2.75) is 79.6 Å². The Labute approximate surface area is 812 Å². The van der Waals surface area contributed by atoms with Crippen LogP contribution in [0.15, 0.2) is 236 Å². The lowest BCUT2D eigenvalue weighted by Gasteiger charge is -2.35. The van der Waals surface area contributed by atoms with Gasteiger partial charge < -0.3 is 71.3 Å². The Morgan fingerprint density at radius 3 is 0.965 bits per heavy atom. The highest BCUT2D eigenvalue weighted by molar-refractivity contribution is 5.98. The summed E-state index contributed by atoms with van der Waals surface area (Å²) in [5.74, 6) is 2.96. The van der Waals surface area contributed by atoms with E-state index in [9.17, 15) is 24.0 Å². The predicted molar refractivity (Wildman–Crippen MR) is 532 cm³/mol. The molecule has 0 saturated carbocycles. The minimum Gasteiger partial charge on any atom is -0.441 e. The number of imidazole rings is 5. The van der Waals surface area contributed by atoms with E-state index in [0.717, 1.165) is 211 Å². The van der Waals surface area contributed by atoms with Crippen LogP contribution < -0.4 is 10.6 Å². The summed E-state index contributed by atoms with van der Waals surface area (Å²) in [4.78, 5) is 119. The number of aryl methyl sites for hydroxylation is 5. The van der Waals surface area contributed by atoms with Crippen molar-refractivity contribution in [3.63, 3.8) is 0 Å². The molecule has 15 aromatic heterocycles. The first kappa shape index (κ1) is 92.4. The number of carbonyl (C=O) groups is 5. The number of likely N-dealkylation sites (N-methyl/N-ethyl adjacent to an activating group) is 1. The van der Waals surface area contributed by atoms with E-state index in [2.05, 4.69) is 77.3 Å². The van der Waals surface area contributed by atoms with Crippen LogP contribution in [0.5, 0.6) is 0 Å². The number of carbonyl (C=O) groups excluding carboxylic acids is 5. The zero-order valence-electron chi connectivity index (χ0n) is 79.7. The summed E-state index contributed by atoms with van der Waals surface area (Å²) in [5.41, 5.74) is 24.4. The van der Waals surface area contributed by atoms with Crippen molar-refractivity contribution in [1.29, 1.82) is 0 Å². The molecule has 5 aliphatic heterocycles. The lowest BCUT2D eigenvalue weighted by atomic mass is 10.1. The maximum Gasteiger partial charge on any atom is 0.272 e. The van der Waals surface area contributed by atoms with Gasteiger partial charge in [0.05, 0.1) is 69.6 Å². The number of rotatable bonds is 14. The molecule has 2 N–H and O–H groups in total. The molecule has 722 valence electrons. The summed E-state index contributed by atoms with van der Waals surface area (Å²) in [7, 11) is 2.08. The predicted octanol–water partition coefficient (Wildman–Crippen LogP) is 15.3. The highest BCUT2D eigenvalue weighted by Crippen LogP contribution is 2.34. The lowest BCUT2D eigenvalue weighted by Crippen LogP contribution is -2.48. The van der Waals surface area contributed by atoms with Gasteiger partial charge in [-0.05, 0) is 211 Å². The van der Waals surface area contributed by atoms with E-state index >= 15 is 0 Å². The van der Waals surface area contributed by atoms with Gasteiger partial charge in [-0.1, -0.05) is 30.3 Å². The smallest absolute Gasteiger partial charge is 0.272 e. The number of morpholine rings is 3. The van der Waals surface area contributed by atoms with E-state index in [1.54, 1.807) is 31.0 Å². The normalized spacial score (nSPS) is 16.2. The van der Waals surface area contributed by atoms with Gasteiger partial charge in [-0.15, -0.1) is 0 Å². The minimum absolute atomic E-state index is 0.0227. The lowest BCUT2D eigenvalue weighted by molar-refractivity contribution is -0.0587. The fourth-order valence-corrected chi connectivity index (χ4v) is 18.6. The van der Waals surface area contributed by atoms with E-state index < -0.39 is 0 Å². The molecule has 36 nitrogen and oxygen atoms in total. The van der Waals surface area contributed by atoms with Crippen molar-refractivity contribution < 1.29 is 65.0 Å². The van der Waals surface area contributed by atoms with E-state index in [1.807, 2.05) is 268 Å². The number of hydrogen-bond acceptors (Lipinski definition) is 26. The summed E-state index contributed by atoms with van der Waals surface area (Å²) in [6.07, 6.45) is 19.7. The van der Waals surface area contributed by atoms with Gasteiger partial charge >= 0.3 is 0 Å². The third-order valence-corrected chi connectivity index (χ3v) is 26.0. The second-order valence-electron chi connectivity index (χ2n) is 36.1. The first-order chi connectivity index (χ1) is 69.1. The van der Waals surface area contributed by atoms with E-state index in [4.69, 9.17) is 41.0 Å². The molecular weight excluding hydrogens is 1810 g/mol. The maximum atomic E-state index is 13.2.